The molecule has 2 aromatic rings. The van der Waals surface area contributed by atoms with E-state index in [0.717, 1.165) is 10.2 Å². The van der Waals surface area contributed by atoms with Gasteiger partial charge < -0.3 is 0 Å². The van der Waals surface area contributed by atoms with Crippen LogP contribution in [0.3, 0.4) is 0 Å². The van der Waals surface area contributed by atoms with Gasteiger partial charge in [-0.3, -0.25) is 4.79 Å². The first-order chi connectivity index (χ1) is 5.42. The second-order valence-corrected chi connectivity index (χ2v) is 2.99. The summed E-state index contributed by atoms with van der Waals surface area (Å²) in [4.78, 5) is 15.4. The predicted molar refractivity (Wildman–Crippen MR) is 44.4 cm³/mol. The third-order valence-electron chi connectivity index (χ3n) is 1.48. The van der Waals surface area contributed by atoms with Crippen LogP contribution in [-0.4, -0.2) is 11.3 Å². The normalized spacial score (nSPS) is 10.2. The summed E-state index contributed by atoms with van der Waals surface area (Å²) in [5, 5.41) is 2.81. The molecule has 0 amide bonds. The minimum atomic E-state index is 0.594. The lowest BCUT2D eigenvalue weighted by atomic mass is 10.2. The third kappa shape index (κ3) is 0.935. The van der Waals surface area contributed by atoms with Gasteiger partial charge in [0.2, 0.25) is 6.29 Å². The molecule has 0 spiro atoms. The quantitative estimate of drug-likeness (QED) is 0.639. The Morgan fingerprint density at radius 2 is 2.36 bits per heavy atom. The largest absolute Gasteiger partial charge is 0.285 e. The summed E-state index contributed by atoms with van der Waals surface area (Å²) in [7, 11) is 0. The average molecular weight is 162 g/mol. The van der Waals surface area contributed by atoms with Crippen LogP contribution in [-0.2, 0) is 4.79 Å². The van der Waals surface area contributed by atoms with Gasteiger partial charge in [0.15, 0.2) is 0 Å². The maximum atomic E-state index is 10.4. The summed E-state index contributed by atoms with van der Waals surface area (Å²) in [5.74, 6) is 0. The second-order valence-electron chi connectivity index (χ2n) is 2.10. The molecule has 0 unspecified atom stereocenters. The van der Waals surface area contributed by atoms with E-state index in [-0.39, 0.29) is 0 Å². The number of thiophene rings is 1. The van der Waals surface area contributed by atoms with Crippen LogP contribution in [0.1, 0.15) is 5.56 Å². The van der Waals surface area contributed by atoms with E-state index in [1.54, 1.807) is 12.3 Å². The Hall–Kier alpha value is -1.22. The van der Waals surface area contributed by atoms with E-state index in [0.29, 0.717) is 5.56 Å². The summed E-state index contributed by atoms with van der Waals surface area (Å²) in [5.41, 5.74) is 0.594. The van der Waals surface area contributed by atoms with E-state index in [9.17, 15) is 4.79 Å². The number of nitrogens with zero attached hydrogens (tertiary/aromatic N) is 1. The smallest absolute Gasteiger partial charge is 0.234 e. The standard InChI is InChI=1S/C8H4NOS/c10-5-6-1-3-9-8-7(6)2-4-11-8/h1-4H. The van der Waals surface area contributed by atoms with Crippen molar-refractivity contribution in [2.75, 3.05) is 0 Å². The monoisotopic (exact) mass is 162 g/mol. The van der Waals surface area contributed by atoms with Crippen LogP contribution >= 0.6 is 11.3 Å². The zero-order valence-corrected chi connectivity index (χ0v) is 6.39. The van der Waals surface area contributed by atoms with Crippen molar-refractivity contribution >= 4 is 27.8 Å². The molecule has 2 aromatic heterocycles. The van der Waals surface area contributed by atoms with E-state index in [2.05, 4.69) is 4.98 Å². The van der Waals surface area contributed by atoms with Gasteiger partial charge in [-0.25, -0.2) is 4.98 Å². The molecule has 2 rings (SSSR count). The highest BCUT2D eigenvalue weighted by Gasteiger charge is 2.00. The maximum absolute atomic E-state index is 10.4. The first kappa shape index (κ1) is 6.49. The lowest BCUT2D eigenvalue weighted by molar-refractivity contribution is 0.563. The van der Waals surface area contributed by atoms with Gasteiger partial charge in [-0.15, -0.1) is 11.3 Å². The van der Waals surface area contributed by atoms with Crippen LogP contribution in [0.5, 0.6) is 0 Å². The average Bonchev–Trinajstić information content (AvgIpc) is 2.50. The molecular formula is C8H4NOS. The minimum absolute atomic E-state index is 0.594. The Labute approximate surface area is 67.5 Å². The number of pyridine rings is 1. The molecule has 0 saturated carbocycles. The number of hydrogen-bond acceptors (Lipinski definition) is 3. The fourth-order valence-electron chi connectivity index (χ4n) is 0.965. The van der Waals surface area contributed by atoms with Gasteiger partial charge in [0, 0.05) is 17.1 Å². The van der Waals surface area contributed by atoms with Crippen molar-refractivity contribution in [2.24, 2.45) is 0 Å². The van der Waals surface area contributed by atoms with E-state index in [1.807, 2.05) is 17.7 Å². The number of aromatic nitrogens is 1. The fraction of sp³-hybridized carbons (Fsp3) is 0. The van der Waals surface area contributed by atoms with Crippen LogP contribution in [0.15, 0.2) is 23.7 Å². The Morgan fingerprint density at radius 1 is 1.45 bits per heavy atom. The summed E-state index contributed by atoms with van der Waals surface area (Å²) in [6, 6.07) is 3.55. The third-order valence-corrected chi connectivity index (χ3v) is 2.30. The molecule has 0 fully saturated rings. The molecular weight excluding hydrogens is 158 g/mol. The first-order valence-corrected chi connectivity index (χ1v) is 4.00. The highest BCUT2D eigenvalue weighted by atomic mass is 32.1. The zero-order valence-electron chi connectivity index (χ0n) is 5.57. The van der Waals surface area contributed by atoms with Crippen molar-refractivity contribution in [3.8, 4) is 0 Å². The highest BCUT2D eigenvalue weighted by molar-refractivity contribution is 7.16. The van der Waals surface area contributed by atoms with Crippen molar-refractivity contribution in [2.45, 2.75) is 0 Å². The molecule has 0 aliphatic rings. The van der Waals surface area contributed by atoms with Gasteiger partial charge >= 0.3 is 0 Å². The van der Waals surface area contributed by atoms with E-state index in [1.165, 1.54) is 11.3 Å². The molecule has 0 N–H and O–H groups in total. The van der Waals surface area contributed by atoms with Crippen LogP contribution in [0.25, 0.3) is 10.2 Å². The van der Waals surface area contributed by atoms with Crippen molar-refractivity contribution in [1.82, 2.24) is 4.98 Å². The maximum Gasteiger partial charge on any atom is 0.234 e. The van der Waals surface area contributed by atoms with Crippen molar-refractivity contribution in [1.29, 1.82) is 0 Å². The lowest BCUT2D eigenvalue weighted by Crippen LogP contribution is -1.81. The van der Waals surface area contributed by atoms with Crippen molar-refractivity contribution < 1.29 is 4.79 Å². The second kappa shape index (κ2) is 2.43. The number of carbonyl (C=O) groups excluding carboxylic acids is 1. The van der Waals surface area contributed by atoms with E-state index >= 15 is 0 Å². The number of rotatable bonds is 1. The summed E-state index contributed by atoms with van der Waals surface area (Å²) < 4.78 is 0. The van der Waals surface area contributed by atoms with Gasteiger partial charge in [0.25, 0.3) is 0 Å². The van der Waals surface area contributed by atoms with Crippen LogP contribution < -0.4 is 0 Å². The predicted octanol–water partition coefficient (Wildman–Crippen LogP) is 1.75. The molecule has 0 aromatic carbocycles. The van der Waals surface area contributed by atoms with E-state index < -0.39 is 0 Å². The van der Waals surface area contributed by atoms with E-state index in [4.69, 9.17) is 0 Å². The highest BCUT2D eigenvalue weighted by Crippen LogP contribution is 2.19. The molecule has 0 bridgehead atoms. The fourth-order valence-corrected chi connectivity index (χ4v) is 1.72. The van der Waals surface area contributed by atoms with Crippen LogP contribution in [0, 0.1) is 0 Å². The molecule has 53 valence electrons. The van der Waals surface area contributed by atoms with Crippen LogP contribution in [0.2, 0.25) is 0 Å². The molecule has 0 saturated heterocycles. The van der Waals surface area contributed by atoms with Gasteiger partial charge in [0.1, 0.15) is 4.83 Å². The Bertz CT molecular complexity index is 394. The van der Waals surface area contributed by atoms with Gasteiger partial charge in [-0.05, 0) is 17.5 Å². The molecule has 1 radical (unpaired) electrons. The molecule has 0 aliphatic carbocycles. The Balaban J connectivity index is 2.88. The number of fused-ring (bicyclic) bond motifs is 1. The molecule has 0 atom stereocenters. The van der Waals surface area contributed by atoms with Crippen molar-refractivity contribution in [3.63, 3.8) is 0 Å². The van der Waals surface area contributed by atoms with Gasteiger partial charge in [-0.2, -0.15) is 0 Å². The summed E-state index contributed by atoms with van der Waals surface area (Å²) in [6.45, 7) is 0. The molecule has 11 heavy (non-hydrogen) atoms. The SMILES string of the molecule is O=[C]c1ccnc2sccc12. The van der Waals surface area contributed by atoms with Gasteiger partial charge in [-0.1, -0.05) is 0 Å². The summed E-state index contributed by atoms with van der Waals surface area (Å²) >= 11 is 1.53. The number of hydrogen-bond donors (Lipinski definition) is 0. The summed E-state index contributed by atoms with van der Waals surface area (Å²) in [6.07, 6.45) is 3.50. The Morgan fingerprint density at radius 3 is 3.18 bits per heavy atom. The van der Waals surface area contributed by atoms with Crippen molar-refractivity contribution in [3.05, 3.63) is 29.3 Å². The topological polar surface area (TPSA) is 30.0 Å². The Kier molecular flexibility index (Phi) is 1.43. The zero-order chi connectivity index (χ0) is 7.68. The molecule has 2 heterocycles. The first-order valence-electron chi connectivity index (χ1n) is 3.12. The minimum Gasteiger partial charge on any atom is -0.285 e. The lowest BCUT2D eigenvalue weighted by Gasteiger charge is -1.89. The molecule has 0 aliphatic heterocycles. The van der Waals surface area contributed by atoms with Crippen LogP contribution in [0.4, 0.5) is 0 Å². The van der Waals surface area contributed by atoms with Gasteiger partial charge in [0.05, 0.1) is 0 Å². The molecule has 2 nitrogen and oxygen atoms in total. The molecule has 3 heteroatoms.